The van der Waals surface area contributed by atoms with Gasteiger partial charge in [0.1, 0.15) is 6.10 Å². The highest BCUT2D eigenvalue weighted by Crippen LogP contribution is 2.18. The van der Waals surface area contributed by atoms with Gasteiger partial charge in [-0.15, -0.1) is 0 Å². The second kappa shape index (κ2) is 47.9. The molecule has 6 nitrogen and oxygen atoms in total. The summed E-state index contributed by atoms with van der Waals surface area (Å²) >= 11 is 0. The van der Waals surface area contributed by atoms with Crippen molar-refractivity contribution in [1.29, 1.82) is 0 Å². The Morgan fingerprint density at radius 3 is 1.38 bits per heavy atom. The molecule has 3 atom stereocenters. The first-order valence-electron chi connectivity index (χ1n) is 25.9. The van der Waals surface area contributed by atoms with Crippen LogP contribution in [0.1, 0.15) is 258 Å². The van der Waals surface area contributed by atoms with E-state index in [1.165, 1.54) is 122 Å². The van der Waals surface area contributed by atoms with Crippen molar-refractivity contribution in [3.8, 4) is 0 Å². The Kier molecular flexibility index (Phi) is 46.1. The number of hydrogen-bond acceptors (Lipinski definition) is 5. The summed E-state index contributed by atoms with van der Waals surface area (Å²) in [5.74, 6) is -0.492. The van der Waals surface area contributed by atoms with Crippen LogP contribution in [0, 0.1) is 0 Å². The van der Waals surface area contributed by atoms with Crippen LogP contribution in [0.4, 0.5) is 0 Å². The lowest BCUT2D eigenvalue weighted by Gasteiger charge is -2.24. The molecule has 0 aromatic heterocycles. The van der Waals surface area contributed by atoms with Crippen molar-refractivity contribution in [3.63, 3.8) is 0 Å². The summed E-state index contributed by atoms with van der Waals surface area (Å²) in [7, 11) is 0. The zero-order valence-corrected chi connectivity index (χ0v) is 39.8. The van der Waals surface area contributed by atoms with E-state index in [4.69, 9.17) is 4.74 Å². The van der Waals surface area contributed by atoms with E-state index >= 15 is 0 Å². The second-order valence-electron chi connectivity index (χ2n) is 17.5. The summed E-state index contributed by atoms with van der Waals surface area (Å²) in [6.07, 6.45) is 57.4. The largest absolute Gasteiger partial charge is 0.462 e. The van der Waals surface area contributed by atoms with Crippen LogP contribution in [0.2, 0.25) is 0 Å². The van der Waals surface area contributed by atoms with Crippen LogP contribution in [-0.4, -0.2) is 46.9 Å². The number of carbonyl (C=O) groups is 2. The molecule has 3 N–H and O–H groups in total. The van der Waals surface area contributed by atoms with Crippen molar-refractivity contribution >= 4 is 11.9 Å². The summed E-state index contributed by atoms with van der Waals surface area (Å²) in [6, 6.07) is -0.705. The molecule has 0 aliphatic carbocycles. The first-order chi connectivity index (χ1) is 29.5. The molecule has 0 bridgehead atoms. The maximum atomic E-state index is 13.2. The van der Waals surface area contributed by atoms with Gasteiger partial charge >= 0.3 is 5.97 Å². The van der Waals surface area contributed by atoms with E-state index in [-0.39, 0.29) is 24.9 Å². The standard InChI is InChI=1S/C54H99NO5/c1-4-7-10-13-16-19-22-24-26-28-30-32-35-38-41-44-47-54(59)60-50(45-42-39-36-33-31-29-27-25-23-20-17-14-11-8-5-2)48-53(58)55-51(49-56)52(57)46-43-40-37-34-21-18-15-12-9-6-3/h7,10,16,19,24-27,50-52,56-57H,4-6,8-9,11-15,17-18,20-23,28-49H2,1-3H3,(H,55,58)/b10-7+,19-16+,26-24+,27-25+. The van der Waals surface area contributed by atoms with Crippen molar-refractivity contribution < 1.29 is 24.5 Å². The Balaban J connectivity index is 4.61. The van der Waals surface area contributed by atoms with Gasteiger partial charge in [0.25, 0.3) is 0 Å². The molecule has 0 radical (unpaired) electrons. The van der Waals surface area contributed by atoms with Gasteiger partial charge in [0.05, 0.1) is 25.2 Å². The average molecular weight is 842 g/mol. The maximum absolute atomic E-state index is 13.2. The Bertz CT molecular complexity index is 1040. The lowest BCUT2D eigenvalue weighted by atomic mass is 10.0. The van der Waals surface area contributed by atoms with Crippen molar-refractivity contribution in [3.05, 3.63) is 48.6 Å². The van der Waals surface area contributed by atoms with Gasteiger partial charge in [-0.25, -0.2) is 0 Å². The maximum Gasteiger partial charge on any atom is 0.306 e. The van der Waals surface area contributed by atoms with E-state index in [1.807, 2.05) is 0 Å². The molecular formula is C54H99NO5. The average Bonchev–Trinajstić information content (AvgIpc) is 3.24. The lowest BCUT2D eigenvalue weighted by molar-refractivity contribution is -0.151. The number of nitrogens with one attached hydrogen (secondary N) is 1. The van der Waals surface area contributed by atoms with Gasteiger partial charge in [0.15, 0.2) is 0 Å². The van der Waals surface area contributed by atoms with Gasteiger partial charge in [-0.2, -0.15) is 0 Å². The SMILES string of the molecule is CC/C=C/C/C=C/C/C=C/CCCCCCCCC(=O)OC(CCCCCCC/C=C/CCCCCCCC)CC(=O)NC(CO)C(O)CCCCCCCCCCCC. The van der Waals surface area contributed by atoms with Crippen molar-refractivity contribution in [2.45, 2.75) is 277 Å². The lowest BCUT2D eigenvalue weighted by Crippen LogP contribution is -2.46. The molecule has 0 heterocycles. The number of unbranched alkanes of at least 4 members (excludes halogenated alkanes) is 26. The fourth-order valence-corrected chi connectivity index (χ4v) is 7.73. The van der Waals surface area contributed by atoms with E-state index in [0.29, 0.717) is 19.3 Å². The van der Waals surface area contributed by atoms with Crippen LogP contribution in [0.15, 0.2) is 48.6 Å². The van der Waals surface area contributed by atoms with Gasteiger partial charge < -0.3 is 20.3 Å². The first-order valence-corrected chi connectivity index (χ1v) is 25.9. The summed E-state index contributed by atoms with van der Waals surface area (Å²) in [6.45, 7) is 6.36. The highest BCUT2D eigenvalue weighted by atomic mass is 16.5. The minimum atomic E-state index is -0.791. The zero-order chi connectivity index (χ0) is 43.8. The Hall–Kier alpha value is -2.18. The number of aliphatic hydroxyl groups is 2. The third-order valence-corrected chi connectivity index (χ3v) is 11.6. The summed E-state index contributed by atoms with van der Waals surface area (Å²) in [5.41, 5.74) is 0. The van der Waals surface area contributed by atoms with Crippen LogP contribution in [-0.2, 0) is 14.3 Å². The summed E-state index contributed by atoms with van der Waals surface area (Å²) in [5, 5.41) is 23.7. The molecule has 0 spiro atoms. The van der Waals surface area contributed by atoms with Crippen molar-refractivity contribution in [1.82, 2.24) is 5.32 Å². The van der Waals surface area contributed by atoms with E-state index < -0.39 is 18.2 Å². The number of hydrogen-bond donors (Lipinski definition) is 3. The van der Waals surface area contributed by atoms with E-state index in [1.54, 1.807) is 0 Å². The zero-order valence-electron chi connectivity index (χ0n) is 39.8. The number of carbonyl (C=O) groups excluding carboxylic acids is 2. The smallest absolute Gasteiger partial charge is 0.306 e. The summed E-state index contributed by atoms with van der Waals surface area (Å²) < 4.78 is 5.93. The number of amides is 1. The fourth-order valence-electron chi connectivity index (χ4n) is 7.73. The van der Waals surface area contributed by atoms with Gasteiger partial charge in [-0.1, -0.05) is 211 Å². The van der Waals surface area contributed by atoms with Crippen molar-refractivity contribution in [2.75, 3.05) is 6.61 Å². The van der Waals surface area contributed by atoms with E-state index in [9.17, 15) is 19.8 Å². The molecule has 0 aromatic carbocycles. The molecule has 0 aliphatic heterocycles. The first kappa shape index (κ1) is 57.8. The molecule has 6 heteroatoms. The predicted molar refractivity (Wildman–Crippen MR) is 259 cm³/mol. The van der Waals surface area contributed by atoms with Crippen LogP contribution < -0.4 is 5.32 Å². The van der Waals surface area contributed by atoms with Crippen molar-refractivity contribution in [2.24, 2.45) is 0 Å². The van der Waals surface area contributed by atoms with Crippen LogP contribution in [0.3, 0.4) is 0 Å². The number of allylic oxidation sites excluding steroid dienone is 8. The van der Waals surface area contributed by atoms with Crippen LogP contribution >= 0.6 is 0 Å². The minimum Gasteiger partial charge on any atom is -0.462 e. The monoisotopic (exact) mass is 842 g/mol. The van der Waals surface area contributed by atoms with Gasteiger partial charge in [0, 0.05) is 6.42 Å². The number of esters is 1. The van der Waals surface area contributed by atoms with E-state index in [2.05, 4.69) is 74.7 Å². The number of rotatable bonds is 46. The number of ether oxygens (including phenoxy) is 1. The Morgan fingerprint density at radius 2 is 0.900 bits per heavy atom. The van der Waals surface area contributed by atoms with Gasteiger partial charge in [0.2, 0.25) is 5.91 Å². The predicted octanol–water partition coefficient (Wildman–Crippen LogP) is 15.5. The Morgan fingerprint density at radius 1 is 0.500 bits per heavy atom. The van der Waals surface area contributed by atoms with Crippen LogP contribution in [0.5, 0.6) is 0 Å². The molecule has 0 aliphatic rings. The summed E-state index contributed by atoms with van der Waals surface area (Å²) in [4.78, 5) is 26.1. The molecule has 0 fully saturated rings. The molecule has 350 valence electrons. The van der Waals surface area contributed by atoms with E-state index in [0.717, 1.165) is 89.9 Å². The second-order valence-corrected chi connectivity index (χ2v) is 17.5. The molecule has 0 rings (SSSR count). The van der Waals surface area contributed by atoms with Crippen LogP contribution in [0.25, 0.3) is 0 Å². The minimum absolute atomic E-state index is 0.0671. The Labute approximate surface area is 372 Å². The normalized spacial score (nSPS) is 13.6. The molecule has 60 heavy (non-hydrogen) atoms. The quantitative estimate of drug-likeness (QED) is 0.0322. The van der Waals surface area contributed by atoms with Gasteiger partial charge in [-0.05, 0) is 83.5 Å². The molecule has 0 saturated heterocycles. The third-order valence-electron chi connectivity index (χ3n) is 11.6. The molecule has 0 aromatic rings. The molecule has 0 saturated carbocycles. The highest BCUT2D eigenvalue weighted by molar-refractivity contribution is 5.77. The number of aliphatic hydroxyl groups excluding tert-OH is 2. The molecule has 1 amide bonds. The highest BCUT2D eigenvalue weighted by Gasteiger charge is 2.24. The molecule has 3 unspecified atom stereocenters. The third kappa shape index (κ3) is 42.5. The molecular weight excluding hydrogens is 743 g/mol. The fraction of sp³-hybridized carbons (Fsp3) is 0.815. The van der Waals surface area contributed by atoms with Gasteiger partial charge in [-0.3, -0.25) is 9.59 Å². The topological polar surface area (TPSA) is 95.9 Å².